The summed E-state index contributed by atoms with van der Waals surface area (Å²) >= 11 is 12.3. The quantitative estimate of drug-likeness (QED) is 0.529. The van der Waals surface area contributed by atoms with Gasteiger partial charge in [-0.3, -0.25) is 9.59 Å². The number of benzene rings is 2. The summed E-state index contributed by atoms with van der Waals surface area (Å²) in [6.07, 6.45) is 2.37. The van der Waals surface area contributed by atoms with Crippen LogP contribution in [0, 0.1) is 11.6 Å². The van der Waals surface area contributed by atoms with Crippen LogP contribution in [0.1, 0.15) is 49.7 Å². The van der Waals surface area contributed by atoms with E-state index < -0.39 is 29.0 Å². The van der Waals surface area contributed by atoms with Crippen LogP contribution in [-0.2, 0) is 15.0 Å². The van der Waals surface area contributed by atoms with Gasteiger partial charge in [-0.15, -0.1) is 0 Å². The van der Waals surface area contributed by atoms with Crippen molar-refractivity contribution in [3.05, 3.63) is 63.1 Å². The van der Waals surface area contributed by atoms with Crippen molar-refractivity contribution in [3.63, 3.8) is 0 Å². The highest BCUT2D eigenvalue weighted by molar-refractivity contribution is 6.34. The lowest BCUT2D eigenvalue weighted by atomic mass is 9.90. The van der Waals surface area contributed by atoms with Gasteiger partial charge < -0.3 is 15.0 Å². The number of likely N-dealkylation sites (tertiary alicyclic amines) is 1. The SMILES string of the molecule is CCCN1C[C@@H](c2c(F)cc(OC)cc2F)[C@H](NC(=O)CC2(c3cc(Cl)cc(Cl)c3)CC2)C1=O. The Bertz CT molecular complexity index is 1080. The van der Waals surface area contributed by atoms with Crippen LogP contribution in [-0.4, -0.2) is 43.0 Å². The molecule has 34 heavy (non-hydrogen) atoms. The van der Waals surface area contributed by atoms with Crippen molar-refractivity contribution < 1.29 is 23.1 Å². The lowest BCUT2D eigenvalue weighted by Crippen LogP contribution is -2.44. The van der Waals surface area contributed by atoms with Gasteiger partial charge >= 0.3 is 0 Å². The molecule has 5 nitrogen and oxygen atoms in total. The molecule has 1 aliphatic heterocycles. The van der Waals surface area contributed by atoms with Crippen molar-refractivity contribution in [3.8, 4) is 5.75 Å². The third-order valence-electron chi connectivity index (χ3n) is 6.69. The minimum absolute atomic E-state index is 0.0462. The fourth-order valence-corrected chi connectivity index (χ4v) is 5.36. The van der Waals surface area contributed by atoms with Crippen molar-refractivity contribution >= 4 is 35.0 Å². The molecule has 1 heterocycles. The van der Waals surface area contributed by atoms with Gasteiger partial charge in [-0.05, 0) is 43.0 Å². The van der Waals surface area contributed by atoms with Crippen LogP contribution in [0.3, 0.4) is 0 Å². The van der Waals surface area contributed by atoms with Gasteiger partial charge in [-0.1, -0.05) is 30.1 Å². The molecular weight excluding hydrogens is 485 g/mol. The Morgan fingerprint density at radius 2 is 1.76 bits per heavy atom. The van der Waals surface area contributed by atoms with Gasteiger partial charge in [0.1, 0.15) is 23.4 Å². The first kappa shape index (κ1) is 24.7. The van der Waals surface area contributed by atoms with Gasteiger partial charge in [-0.2, -0.15) is 0 Å². The zero-order valence-corrected chi connectivity index (χ0v) is 20.5. The molecule has 182 valence electrons. The van der Waals surface area contributed by atoms with Crippen molar-refractivity contribution in [2.75, 3.05) is 20.2 Å². The first-order chi connectivity index (χ1) is 16.2. The predicted octanol–water partition coefficient (Wildman–Crippen LogP) is 5.22. The van der Waals surface area contributed by atoms with Crippen molar-refractivity contribution in [1.29, 1.82) is 0 Å². The van der Waals surface area contributed by atoms with E-state index in [9.17, 15) is 18.4 Å². The molecular formula is C25H26Cl2F2N2O3. The normalized spacial score (nSPS) is 21.0. The molecule has 0 bridgehead atoms. The lowest BCUT2D eigenvalue weighted by molar-refractivity contribution is -0.133. The van der Waals surface area contributed by atoms with E-state index in [2.05, 4.69) is 5.32 Å². The number of nitrogens with zero attached hydrogens (tertiary/aromatic N) is 1. The lowest BCUT2D eigenvalue weighted by Gasteiger charge is -2.22. The average molecular weight is 511 g/mol. The molecule has 2 amide bonds. The Kier molecular flexibility index (Phi) is 7.06. The maximum absolute atomic E-state index is 14.9. The molecule has 0 radical (unpaired) electrons. The van der Waals surface area contributed by atoms with Gasteiger partial charge in [0.25, 0.3) is 0 Å². The average Bonchev–Trinajstić information content (AvgIpc) is 3.49. The number of rotatable bonds is 8. The summed E-state index contributed by atoms with van der Waals surface area (Å²) in [6.45, 7) is 2.47. The van der Waals surface area contributed by atoms with Gasteiger partial charge in [0.15, 0.2) is 0 Å². The van der Waals surface area contributed by atoms with Crippen LogP contribution < -0.4 is 10.1 Å². The molecule has 0 spiro atoms. The van der Waals surface area contributed by atoms with Crippen LogP contribution in [0.25, 0.3) is 0 Å². The number of hydrogen-bond acceptors (Lipinski definition) is 3. The van der Waals surface area contributed by atoms with Crippen LogP contribution in [0.5, 0.6) is 5.75 Å². The second-order valence-electron chi connectivity index (χ2n) is 9.06. The van der Waals surface area contributed by atoms with E-state index in [0.29, 0.717) is 23.0 Å². The van der Waals surface area contributed by atoms with E-state index in [0.717, 1.165) is 30.5 Å². The number of methoxy groups -OCH3 is 1. The van der Waals surface area contributed by atoms with Gasteiger partial charge in [0.2, 0.25) is 11.8 Å². The molecule has 4 rings (SSSR count). The summed E-state index contributed by atoms with van der Waals surface area (Å²) < 4.78 is 34.7. The number of carbonyl (C=O) groups is 2. The Morgan fingerprint density at radius 3 is 2.29 bits per heavy atom. The van der Waals surface area contributed by atoms with Gasteiger partial charge in [0.05, 0.1) is 7.11 Å². The summed E-state index contributed by atoms with van der Waals surface area (Å²) in [5.41, 5.74) is 0.241. The van der Waals surface area contributed by atoms with E-state index >= 15 is 0 Å². The molecule has 1 saturated carbocycles. The first-order valence-electron chi connectivity index (χ1n) is 11.2. The second kappa shape index (κ2) is 9.70. The second-order valence-corrected chi connectivity index (χ2v) is 9.93. The molecule has 0 aromatic heterocycles. The van der Waals surface area contributed by atoms with Crippen LogP contribution in [0.2, 0.25) is 10.0 Å². The van der Waals surface area contributed by atoms with Crippen molar-refractivity contribution in [2.45, 2.75) is 50.0 Å². The van der Waals surface area contributed by atoms with E-state index in [1.165, 1.54) is 7.11 Å². The first-order valence-corrected chi connectivity index (χ1v) is 12.0. The highest BCUT2D eigenvalue weighted by atomic mass is 35.5. The summed E-state index contributed by atoms with van der Waals surface area (Å²) in [5.74, 6) is -3.12. The minimum atomic E-state index is -1.06. The van der Waals surface area contributed by atoms with Gasteiger partial charge in [0, 0.05) is 58.6 Å². The highest BCUT2D eigenvalue weighted by Crippen LogP contribution is 2.52. The smallest absolute Gasteiger partial charge is 0.245 e. The standard InChI is InChI=1S/C25H26Cl2F2N2O3/c1-3-6-31-13-18(22-19(28)10-17(34-2)11-20(22)29)23(24(31)33)30-21(32)12-25(4-5-25)14-7-15(26)9-16(27)8-14/h7-11,18,23H,3-6,12-13H2,1-2H3,(H,30,32)/t18-,23-/m0/s1. The molecule has 2 aromatic rings. The summed E-state index contributed by atoms with van der Waals surface area (Å²) in [4.78, 5) is 27.8. The van der Waals surface area contributed by atoms with Crippen LogP contribution in [0.4, 0.5) is 8.78 Å². The number of ether oxygens (including phenoxy) is 1. The third-order valence-corrected chi connectivity index (χ3v) is 7.13. The predicted molar refractivity (Wildman–Crippen MR) is 126 cm³/mol. The van der Waals surface area contributed by atoms with Crippen LogP contribution in [0.15, 0.2) is 30.3 Å². The monoisotopic (exact) mass is 510 g/mol. The van der Waals surface area contributed by atoms with E-state index in [-0.39, 0.29) is 36.1 Å². The third kappa shape index (κ3) is 4.86. The fraction of sp³-hybridized carbons (Fsp3) is 0.440. The molecule has 2 fully saturated rings. The Hall–Kier alpha value is -2.38. The zero-order chi connectivity index (χ0) is 24.6. The molecule has 9 heteroatoms. The number of nitrogens with one attached hydrogen (secondary N) is 1. The number of amides is 2. The molecule has 2 atom stereocenters. The maximum Gasteiger partial charge on any atom is 0.245 e. The zero-order valence-electron chi connectivity index (χ0n) is 19.0. The number of hydrogen-bond donors (Lipinski definition) is 1. The van der Waals surface area contributed by atoms with Crippen LogP contribution >= 0.6 is 23.2 Å². The molecule has 2 aliphatic rings. The van der Waals surface area contributed by atoms with Crippen molar-refractivity contribution in [1.82, 2.24) is 10.2 Å². The summed E-state index contributed by atoms with van der Waals surface area (Å²) in [5, 5.41) is 3.76. The molecule has 1 aliphatic carbocycles. The molecule has 1 saturated heterocycles. The van der Waals surface area contributed by atoms with E-state index in [1.807, 2.05) is 6.92 Å². The minimum Gasteiger partial charge on any atom is -0.497 e. The fourth-order valence-electron chi connectivity index (χ4n) is 4.84. The summed E-state index contributed by atoms with van der Waals surface area (Å²) in [7, 11) is 1.32. The Balaban J connectivity index is 1.58. The number of halogens is 4. The molecule has 0 unspecified atom stereocenters. The van der Waals surface area contributed by atoms with E-state index in [4.69, 9.17) is 27.9 Å². The van der Waals surface area contributed by atoms with Crippen molar-refractivity contribution in [2.24, 2.45) is 0 Å². The van der Waals surface area contributed by atoms with E-state index in [1.54, 1.807) is 23.1 Å². The van der Waals surface area contributed by atoms with Gasteiger partial charge in [-0.25, -0.2) is 8.78 Å². The largest absolute Gasteiger partial charge is 0.497 e. The Labute approximate surface area is 207 Å². The summed E-state index contributed by atoms with van der Waals surface area (Å²) in [6, 6.07) is 6.34. The molecule has 1 N–H and O–H groups in total. The highest BCUT2D eigenvalue weighted by Gasteiger charge is 2.48. The molecule has 2 aromatic carbocycles. The topological polar surface area (TPSA) is 58.6 Å². The maximum atomic E-state index is 14.9. The Morgan fingerprint density at radius 1 is 1.15 bits per heavy atom. The number of carbonyl (C=O) groups excluding carboxylic acids is 2.